The maximum absolute atomic E-state index is 12.2. The van der Waals surface area contributed by atoms with Gasteiger partial charge in [0.25, 0.3) is 5.91 Å². The maximum atomic E-state index is 12.2. The number of ether oxygens (including phenoxy) is 2. The van der Waals surface area contributed by atoms with E-state index in [1.54, 1.807) is 30.3 Å². The zero-order valence-electron chi connectivity index (χ0n) is 18.8. The van der Waals surface area contributed by atoms with Crippen LogP contribution in [0, 0.1) is 0 Å². The van der Waals surface area contributed by atoms with E-state index in [9.17, 15) is 14.4 Å². The highest BCUT2D eigenvalue weighted by Crippen LogP contribution is 2.33. The Morgan fingerprint density at radius 2 is 1.88 bits per heavy atom. The third-order valence-corrected chi connectivity index (χ3v) is 5.92. The van der Waals surface area contributed by atoms with Crippen molar-refractivity contribution in [3.05, 3.63) is 58.8 Å². The van der Waals surface area contributed by atoms with Crippen molar-refractivity contribution in [2.24, 2.45) is 0 Å². The van der Waals surface area contributed by atoms with Gasteiger partial charge in [0, 0.05) is 24.4 Å². The average molecular weight is 485 g/mol. The minimum atomic E-state index is -0.684. The number of likely N-dealkylation sites (N-methyl/N-ethyl adjacent to an activating group) is 1. The fourth-order valence-corrected chi connectivity index (χ4v) is 4.01. The zero-order valence-corrected chi connectivity index (χ0v) is 19.5. The quantitative estimate of drug-likeness (QED) is 0.485. The SMILES string of the molecule is CN(CC(=O)Nc1ccccc1Cl)C(=O)COC(=O)COc1ccc2oc3c(c2c1)CCCC3. The van der Waals surface area contributed by atoms with Crippen LogP contribution in [0.15, 0.2) is 46.9 Å². The topological polar surface area (TPSA) is 98.1 Å². The van der Waals surface area contributed by atoms with Crippen LogP contribution in [0.25, 0.3) is 11.0 Å². The summed E-state index contributed by atoms with van der Waals surface area (Å²) in [5.74, 6) is -0.0690. The standard InChI is InChI=1S/C25H25ClN2O6/c1-28(13-23(29)27-20-8-4-3-7-19(20)26)24(30)14-33-25(31)15-32-16-10-11-22-18(12-16)17-6-2-5-9-21(17)34-22/h3-4,7-8,10-12H,2,5-6,9,13-15H2,1H3,(H,27,29). The molecule has 9 heteroatoms. The van der Waals surface area contributed by atoms with Crippen LogP contribution < -0.4 is 10.1 Å². The lowest BCUT2D eigenvalue weighted by Crippen LogP contribution is -2.37. The number of benzene rings is 2. The lowest BCUT2D eigenvalue weighted by atomic mass is 9.96. The fourth-order valence-electron chi connectivity index (χ4n) is 3.82. The summed E-state index contributed by atoms with van der Waals surface area (Å²) in [5, 5.41) is 4.03. The molecule has 8 nitrogen and oxygen atoms in total. The largest absolute Gasteiger partial charge is 0.482 e. The molecule has 0 fully saturated rings. The number of nitrogens with one attached hydrogen (secondary N) is 1. The maximum Gasteiger partial charge on any atom is 0.344 e. The van der Waals surface area contributed by atoms with Crippen molar-refractivity contribution in [2.45, 2.75) is 25.7 Å². The number of hydrogen-bond donors (Lipinski definition) is 1. The van der Waals surface area contributed by atoms with Gasteiger partial charge < -0.3 is 24.1 Å². The number of nitrogens with zero attached hydrogens (tertiary/aromatic N) is 1. The number of anilines is 1. The van der Waals surface area contributed by atoms with Crippen molar-refractivity contribution in [3.63, 3.8) is 0 Å². The number of aryl methyl sites for hydroxylation is 2. The van der Waals surface area contributed by atoms with Crippen LogP contribution in [0.2, 0.25) is 5.02 Å². The lowest BCUT2D eigenvalue weighted by Gasteiger charge is -2.17. The summed E-state index contributed by atoms with van der Waals surface area (Å²) in [6, 6.07) is 12.2. The lowest BCUT2D eigenvalue weighted by molar-refractivity contribution is -0.153. The Balaban J connectivity index is 1.22. The van der Waals surface area contributed by atoms with E-state index in [2.05, 4.69) is 5.32 Å². The Hall–Kier alpha value is -3.52. The van der Waals surface area contributed by atoms with Crippen LogP contribution in [0.5, 0.6) is 5.75 Å². The molecule has 178 valence electrons. The molecule has 0 spiro atoms. The monoisotopic (exact) mass is 484 g/mol. The van der Waals surface area contributed by atoms with E-state index < -0.39 is 24.4 Å². The summed E-state index contributed by atoms with van der Waals surface area (Å²) < 4.78 is 16.5. The van der Waals surface area contributed by atoms with Gasteiger partial charge in [0.05, 0.1) is 17.3 Å². The van der Waals surface area contributed by atoms with Crippen molar-refractivity contribution < 1.29 is 28.3 Å². The van der Waals surface area contributed by atoms with Crippen LogP contribution in [0.4, 0.5) is 5.69 Å². The molecule has 0 unspecified atom stereocenters. The number of carbonyl (C=O) groups excluding carboxylic acids is 3. The van der Waals surface area contributed by atoms with Crippen LogP contribution >= 0.6 is 11.6 Å². The number of esters is 1. The van der Waals surface area contributed by atoms with Gasteiger partial charge in [-0.2, -0.15) is 0 Å². The highest BCUT2D eigenvalue weighted by atomic mass is 35.5. The Morgan fingerprint density at radius 3 is 2.71 bits per heavy atom. The first kappa shape index (κ1) is 23.6. The molecule has 1 N–H and O–H groups in total. The third-order valence-electron chi connectivity index (χ3n) is 5.59. The van der Waals surface area contributed by atoms with Gasteiger partial charge in [0.15, 0.2) is 13.2 Å². The summed E-state index contributed by atoms with van der Waals surface area (Å²) in [6.45, 7) is -1.05. The fraction of sp³-hybridized carbons (Fsp3) is 0.320. The van der Waals surface area contributed by atoms with Crippen molar-refractivity contribution in [2.75, 3.05) is 32.1 Å². The number of carbonyl (C=O) groups is 3. The Bertz CT molecular complexity index is 1220. The minimum absolute atomic E-state index is 0.215. The van der Waals surface area contributed by atoms with Crippen LogP contribution in [-0.4, -0.2) is 49.5 Å². The van der Waals surface area contributed by atoms with Gasteiger partial charge in [-0.25, -0.2) is 4.79 Å². The summed E-state index contributed by atoms with van der Waals surface area (Å²) in [4.78, 5) is 37.6. The predicted octanol–water partition coefficient (Wildman–Crippen LogP) is 3.98. The highest BCUT2D eigenvalue weighted by Gasteiger charge is 2.19. The van der Waals surface area contributed by atoms with Crippen LogP contribution in [0.3, 0.4) is 0 Å². The van der Waals surface area contributed by atoms with E-state index in [0.29, 0.717) is 16.5 Å². The Kier molecular flexibility index (Phi) is 7.37. The summed E-state index contributed by atoms with van der Waals surface area (Å²) in [5.41, 5.74) is 2.48. The number of para-hydroxylation sites is 1. The summed E-state index contributed by atoms with van der Waals surface area (Å²) in [7, 11) is 1.44. The van der Waals surface area contributed by atoms with Crippen molar-refractivity contribution >= 4 is 46.0 Å². The summed E-state index contributed by atoms with van der Waals surface area (Å²) in [6.07, 6.45) is 4.17. The van der Waals surface area contributed by atoms with E-state index in [1.165, 1.54) is 12.6 Å². The number of furan rings is 1. The second kappa shape index (κ2) is 10.6. The first-order valence-electron chi connectivity index (χ1n) is 11.0. The third kappa shape index (κ3) is 5.69. The molecule has 0 aliphatic heterocycles. The van der Waals surface area contributed by atoms with Gasteiger partial charge >= 0.3 is 5.97 Å². The molecular weight excluding hydrogens is 460 g/mol. The molecule has 1 aromatic heterocycles. The number of halogens is 1. The van der Waals surface area contributed by atoms with Gasteiger partial charge in [-0.3, -0.25) is 9.59 Å². The molecular formula is C25H25ClN2O6. The zero-order chi connectivity index (χ0) is 24.1. The number of amides is 2. The van der Waals surface area contributed by atoms with E-state index >= 15 is 0 Å². The van der Waals surface area contributed by atoms with Gasteiger partial charge in [0.1, 0.15) is 17.1 Å². The number of rotatable bonds is 8. The molecule has 1 aliphatic rings. The molecule has 1 heterocycles. The average Bonchev–Trinajstić information content (AvgIpc) is 3.20. The van der Waals surface area contributed by atoms with Crippen molar-refractivity contribution in [3.8, 4) is 5.75 Å². The minimum Gasteiger partial charge on any atom is -0.482 e. The van der Waals surface area contributed by atoms with Gasteiger partial charge in [-0.15, -0.1) is 0 Å². The smallest absolute Gasteiger partial charge is 0.344 e. The highest BCUT2D eigenvalue weighted by molar-refractivity contribution is 6.33. The van der Waals surface area contributed by atoms with Gasteiger partial charge in [-0.05, 0) is 49.6 Å². The molecule has 0 bridgehead atoms. The Morgan fingerprint density at radius 1 is 1.09 bits per heavy atom. The number of hydrogen-bond acceptors (Lipinski definition) is 6. The second-order valence-corrected chi connectivity index (χ2v) is 8.50. The first-order chi connectivity index (χ1) is 16.4. The van der Waals surface area contributed by atoms with E-state index in [1.807, 2.05) is 12.1 Å². The molecule has 4 rings (SSSR count). The van der Waals surface area contributed by atoms with E-state index in [0.717, 1.165) is 47.3 Å². The normalized spacial score (nSPS) is 12.6. The molecule has 2 amide bonds. The summed E-state index contributed by atoms with van der Waals surface area (Å²) >= 11 is 6.01. The van der Waals surface area contributed by atoms with Crippen molar-refractivity contribution in [1.82, 2.24) is 4.90 Å². The second-order valence-electron chi connectivity index (χ2n) is 8.10. The van der Waals surface area contributed by atoms with E-state index in [4.69, 9.17) is 25.5 Å². The van der Waals surface area contributed by atoms with Gasteiger partial charge in [-0.1, -0.05) is 23.7 Å². The van der Waals surface area contributed by atoms with Crippen LogP contribution in [-0.2, 0) is 32.0 Å². The predicted molar refractivity (Wildman–Crippen MR) is 127 cm³/mol. The Labute approximate surface area is 201 Å². The first-order valence-corrected chi connectivity index (χ1v) is 11.4. The molecule has 0 saturated carbocycles. The molecule has 3 aromatic rings. The number of fused-ring (bicyclic) bond motifs is 3. The molecule has 0 atom stereocenters. The van der Waals surface area contributed by atoms with E-state index in [-0.39, 0.29) is 13.2 Å². The molecule has 0 saturated heterocycles. The molecule has 0 radical (unpaired) electrons. The van der Waals surface area contributed by atoms with Gasteiger partial charge in [0.2, 0.25) is 5.91 Å². The molecule has 34 heavy (non-hydrogen) atoms. The molecule has 2 aromatic carbocycles. The van der Waals surface area contributed by atoms with Crippen LogP contribution in [0.1, 0.15) is 24.2 Å². The van der Waals surface area contributed by atoms with Crippen molar-refractivity contribution in [1.29, 1.82) is 0 Å². The molecule has 1 aliphatic carbocycles.